The molecule has 1 aromatic carbocycles. The third-order valence-corrected chi connectivity index (χ3v) is 2.55. The van der Waals surface area contributed by atoms with Crippen molar-refractivity contribution in [2.75, 3.05) is 0 Å². The van der Waals surface area contributed by atoms with E-state index in [0.29, 0.717) is 11.3 Å². The van der Waals surface area contributed by atoms with Crippen molar-refractivity contribution in [2.24, 2.45) is 0 Å². The Hall–Kier alpha value is -2.50. The fourth-order valence-corrected chi connectivity index (χ4v) is 1.59. The summed E-state index contributed by atoms with van der Waals surface area (Å²) >= 11 is 0. The molecule has 2 rings (SSSR count). The van der Waals surface area contributed by atoms with Gasteiger partial charge in [-0.3, -0.25) is 15.1 Å². The normalized spacial score (nSPS) is 10.2. The number of nitro benzene ring substituents is 1. The van der Waals surface area contributed by atoms with Crippen LogP contribution in [0.4, 0.5) is 10.1 Å². The van der Waals surface area contributed by atoms with Gasteiger partial charge in [0.15, 0.2) is 11.6 Å². The molecular weight excluding hydrogens is 251 g/mol. The van der Waals surface area contributed by atoms with Gasteiger partial charge in [-0.15, -0.1) is 0 Å². The summed E-state index contributed by atoms with van der Waals surface area (Å²) in [5, 5.41) is 10.7. The molecule has 19 heavy (non-hydrogen) atoms. The van der Waals surface area contributed by atoms with Crippen LogP contribution in [-0.2, 0) is 6.61 Å². The Kier molecular flexibility index (Phi) is 3.70. The summed E-state index contributed by atoms with van der Waals surface area (Å²) in [6, 6.07) is 7.49. The monoisotopic (exact) mass is 262 g/mol. The minimum absolute atomic E-state index is 0.0197. The lowest BCUT2D eigenvalue weighted by atomic mass is 10.2. The second-order valence-electron chi connectivity index (χ2n) is 3.94. The zero-order valence-electron chi connectivity index (χ0n) is 10.2. The zero-order valence-corrected chi connectivity index (χ0v) is 10.2. The molecule has 5 nitrogen and oxygen atoms in total. The van der Waals surface area contributed by atoms with Crippen LogP contribution in [0.3, 0.4) is 0 Å². The van der Waals surface area contributed by atoms with Crippen molar-refractivity contribution < 1.29 is 14.1 Å². The number of benzene rings is 1. The van der Waals surface area contributed by atoms with Crippen molar-refractivity contribution >= 4 is 5.69 Å². The van der Waals surface area contributed by atoms with Crippen molar-refractivity contribution in [3.05, 3.63) is 63.7 Å². The lowest BCUT2D eigenvalue weighted by Gasteiger charge is -2.08. The Labute approximate surface area is 108 Å². The molecule has 6 heteroatoms. The van der Waals surface area contributed by atoms with Crippen LogP contribution in [0.2, 0.25) is 0 Å². The highest BCUT2D eigenvalue weighted by atomic mass is 19.1. The Morgan fingerprint density at radius 1 is 1.42 bits per heavy atom. The molecule has 0 radical (unpaired) electrons. The van der Waals surface area contributed by atoms with E-state index in [9.17, 15) is 14.5 Å². The van der Waals surface area contributed by atoms with Crippen LogP contribution >= 0.6 is 0 Å². The molecule has 1 heterocycles. The maximum atomic E-state index is 13.6. The molecule has 98 valence electrons. The molecule has 0 saturated carbocycles. The molecule has 0 amide bonds. The number of aromatic nitrogens is 1. The Morgan fingerprint density at radius 3 is 2.84 bits per heavy atom. The Morgan fingerprint density at radius 2 is 2.21 bits per heavy atom. The van der Waals surface area contributed by atoms with Gasteiger partial charge in [-0.1, -0.05) is 6.07 Å². The molecule has 0 fully saturated rings. The minimum atomic E-state index is -0.756. The Bertz CT molecular complexity index is 602. The summed E-state index contributed by atoms with van der Waals surface area (Å²) in [7, 11) is 0. The fraction of sp³-hybridized carbons (Fsp3) is 0.154. The number of aryl methyl sites for hydroxylation is 1. The molecule has 0 unspecified atom stereocenters. The van der Waals surface area contributed by atoms with Crippen molar-refractivity contribution in [3.63, 3.8) is 0 Å². The average Bonchev–Trinajstić information content (AvgIpc) is 2.40. The van der Waals surface area contributed by atoms with Gasteiger partial charge in [0.1, 0.15) is 6.61 Å². The standard InChI is InChI=1S/C13H11FN2O3/c1-9-6-13(11(14)7-12(9)16(17)18)19-8-10-4-2-3-5-15-10/h2-7H,8H2,1H3. The number of nitro groups is 1. The third kappa shape index (κ3) is 3.04. The molecule has 0 atom stereocenters. The van der Waals surface area contributed by atoms with E-state index in [2.05, 4.69) is 4.98 Å². The van der Waals surface area contributed by atoms with E-state index in [4.69, 9.17) is 4.74 Å². The summed E-state index contributed by atoms with van der Waals surface area (Å²) in [4.78, 5) is 14.1. The van der Waals surface area contributed by atoms with Crippen molar-refractivity contribution in [1.29, 1.82) is 0 Å². The highest BCUT2D eigenvalue weighted by molar-refractivity contribution is 5.45. The third-order valence-electron chi connectivity index (χ3n) is 2.55. The van der Waals surface area contributed by atoms with Gasteiger partial charge in [-0.2, -0.15) is 0 Å². The summed E-state index contributed by atoms with van der Waals surface area (Å²) < 4.78 is 18.9. The van der Waals surface area contributed by atoms with Gasteiger partial charge < -0.3 is 4.74 Å². The van der Waals surface area contributed by atoms with Crippen LogP contribution in [0.15, 0.2) is 36.5 Å². The van der Waals surface area contributed by atoms with E-state index in [1.54, 1.807) is 24.4 Å². The molecule has 2 aromatic rings. The second-order valence-corrected chi connectivity index (χ2v) is 3.94. The SMILES string of the molecule is Cc1cc(OCc2ccccn2)c(F)cc1[N+](=O)[O-]. The van der Waals surface area contributed by atoms with Crippen molar-refractivity contribution in [1.82, 2.24) is 4.98 Å². The van der Waals surface area contributed by atoms with E-state index in [-0.39, 0.29) is 18.0 Å². The summed E-state index contributed by atoms with van der Waals surface area (Å²) in [5.74, 6) is -0.776. The largest absolute Gasteiger partial charge is 0.484 e. The summed E-state index contributed by atoms with van der Waals surface area (Å²) in [5.41, 5.74) is 0.739. The van der Waals surface area contributed by atoms with Crippen LogP contribution in [0.1, 0.15) is 11.3 Å². The van der Waals surface area contributed by atoms with Crippen LogP contribution in [0.25, 0.3) is 0 Å². The van der Waals surface area contributed by atoms with Gasteiger partial charge in [-0.05, 0) is 25.1 Å². The molecule has 0 aliphatic carbocycles. The van der Waals surface area contributed by atoms with Crippen molar-refractivity contribution in [3.8, 4) is 5.75 Å². The topological polar surface area (TPSA) is 65.3 Å². The second kappa shape index (κ2) is 5.43. The van der Waals surface area contributed by atoms with Gasteiger partial charge in [0.2, 0.25) is 0 Å². The Balaban J connectivity index is 2.17. The predicted octanol–water partition coefficient (Wildman–Crippen LogP) is 3.02. The highest BCUT2D eigenvalue weighted by Crippen LogP contribution is 2.27. The summed E-state index contributed by atoms with van der Waals surface area (Å²) in [6.07, 6.45) is 1.61. The van der Waals surface area contributed by atoms with E-state index < -0.39 is 10.7 Å². The quantitative estimate of drug-likeness (QED) is 0.627. The van der Waals surface area contributed by atoms with E-state index in [0.717, 1.165) is 6.07 Å². The number of hydrogen-bond acceptors (Lipinski definition) is 4. The number of nitrogens with zero attached hydrogens (tertiary/aromatic N) is 2. The lowest BCUT2D eigenvalue weighted by molar-refractivity contribution is -0.385. The predicted molar refractivity (Wildman–Crippen MR) is 66.4 cm³/mol. The first-order chi connectivity index (χ1) is 9.08. The maximum absolute atomic E-state index is 13.6. The molecule has 0 aliphatic heterocycles. The van der Waals surface area contributed by atoms with E-state index in [1.807, 2.05) is 0 Å². The smallest absolute Gasteiger partial charge is 0.275 e. The highest BCUT2D eigenvalue weighted by Gasteiger charge is 2.16. The molecule has 0 saturated heterocycles. The fourth-order valence-electron chi connectivity index (χ4n) is 1.59. The van der Waals surface area contributed by atoms with Gasteiger partial charge >= 0.3 is 0 Å². The number of hydrogen-bond donors (Lipinski definition) is 0. The lowest BCUT2D eigenvalue weighted by Crippen LogP contribution is -2.01. The van der Waals surface area contributed by atoms with Crippen LogP contribution < -0.4 is 4.74 Å². The molecule has 0 aliphatic rings. The minimum Gasteiger partial charge on any atom is -0.484 e. The first kappa shape index (κ1) is 12.9. The average molecular weight is 262 g/mol. The van der Waals surface area contributed by atoms with E-state index in [1.165, 1.54) is 13.0 Å². The summed E-state index contributed by atoms with van der Waals surface area (Å²) in [6.45, 7) is 1.64. The first-order valence-electron chi connectivity index (χ1n) is 5.55. The number of pyridine rings is 1. The number of ether oxygens (including phenoxy) is 1. The number of rotatable bonds is 4. The molecule has 1 aromatic heterocycles. The van der Waals surface area contributed by atoms with Gasteiger partial charge in [0, 0.05) is 11.8 Å². The molecule has 0 bridgehead atoms. The first-order valence-corrected chi connectivity index (χ1v) is 5.55. The van der Waals surface area contributed by atoms with Crippen LogP contribution in [-0.4, -0.2) is 9.91 Å². The van der Waals surface area contributed by atoms with Gasteiger partial charge in [0.05, 0.1) is 16.7 Å². The molecule has 0 N–H and O–H groups in total. The van der Waals surface area contributed by atoms with Crippen molar-refractivity contribution in [2.45, 2.75) is 13.5 Å². The van der Waals surface area contributed by atoms with Gasteiger partial charge in [0.25, 0.3) is 5.69 Å². The molecular formula is C13H11FN2O3. The maximum Gasteiger partial charge on any atom is 0.275 e. The zero-order chi connectivity index (χ0) is 13.8. The van der Waals surface area contributed by atoms with Crippen LogP contribution in [0, 0.1) is 22.9 Å². The van der Waals surface area contributed by atoms with E-state index >= 15 is 0 Å². The molecule has 0 spiro atoms. The number of halogens is 1. The van der Waals surface area contributed by atoms with Gasteiger partial charge in [-0.25, -0.2) is 4.39 Å². The van der Waals surface area contributed by atoms with Crippen LogP contribution in [0.5, 0.6) is 5.75 Å².